The Balaban J connectivity index is 1.47. The molecule has 156 valence electrons. The number of nitrogens with zero attached hydrogens (tertiary/aromatic N) is 1. The van der Waals surface area contributed by atoms with Crippen LogP contribution < -0.4 is 15.4 Å². The van der Waals surface area contributed by atoms with E-state index in [1.54, 1.807) is 31.4 Å². The molecule has 2 amide bonds. The van der Waals surface area contributed by atoms with Gasteiger partial charge in [0.2, 0.25) is 11.8 Å². The molecule has 0 bridgehead atoms. The first-order valence-corrected chi connectivity index (χ1v) is 11.2. The molecule has 6 nitrogen and oxygen atoms in total. The molecule has 0 aliphatic heterocycles. The highest BCUT2D eigenvalue weighted by Crippen LogP contribution is 2.24. The molecule has 0 saturated heterocycles. The largest absolute Gasteiger partial charge is 0.497 e. The van der Waals surface area contributed by atoms with Crippen molar-refractivity contribution >= 4 is 46.3 Å². The lowest BCUT2D eigenvalue weighted by Crippen LogP contribution is -2.15. The maximum Gasteiger partial charge on any atom is 0.234 e. The Morgan fingerprint density at radius 1 is 1.00 bits per heavy atom. The van der Waals surface area contributed by atoms with Crippen molar-refractivity contribution < 1.29 is 14.3 Å². The molecule has 0 fully saturated rings. The highest BCUT2D eigenvalue weighted by Gasteiger charge is 2.11. The van der Waals surface area contributed by atoms with Crippen LogP contribution in [-0.4, -0.2) is 29.7 Å². The lowest BCUT2D eigenvalue weighted by atomic mass is 10.1. The van der Waals surface area contributed by atoms with Crippen LogP contribution in [0.5, 0.6) is 5.75 Å². The minimum absolute atomic E-state index is 0.112. The summed E-state index contributed by atoms with van der Waals surface area (Å²) in [7, 11) is 1.60. The van der Waals surface area contributed by atoms with Gasteiger partial charge in [0.25, 0.3) is 0 Å². The van der Waals surface area contributed by atoms with Gasteiger partial charge in [-0.15, -0.1) is 11.3 Å². The van der Waals surface area contributed by atoms with Gasteiger partial charge in [0.15, 0.2) is 4.34 Å². The number of hydrogen-bond donors (Lipinski definition) is 2. The van der Waals surface area contributed by atoms with Crippen molar-refractivity contribution in [1.82, 2.24) is 4.98 Å². The zero-order chi connectivity index (χ0) is 21.5. The maximum atomic E-state index is 12.3. The van der Waals surface area contributed by atoms with Crippen LogP contribution in [0.2, 0.25) is 0 Å². The van der Waals surface area contributed by atoms with Crippen LogP contribution in [0.15, 0.2) is 52.2 Å². The molecule has 8 heteroatoms. The molecule has 0 spiro atoms. The third-order valence-corrected chi connectivity index (χ3v) is 6.15. The minimum Gasteiger partial charge on any atom is -0.497 e. The maximum absolute atomic E-state index is 12.3. The van der Waals surface area contributed by atoms with E-state index in [1.165, 1.54) is 23.1 Å². The van der Waals surface area contributed by atoms with E-state index >= 15 is 0 Å². The van der Waals surface area contributed by atoms with Gasteiger partial charge in [-0.2, -0.15) is 0 Å². The summed E-state index contributed by atoms with van der Waals surface area (Å²) < 4.78 is 5.86. The van der Waals surface area contributed by atoms with Crippen LogP contribution in [-0.2, 0) is 16.0 Å². The Kier molecular flexibility index (Phi) is 7.48. The van der Waals surface area contributed by atoms with Crippen molar-refractivity contribution in [2.45, 2.75) is 24.6 Å². The summed E-state index contributed by atoms with van der Waals surface area (Å²) in [5, 5.41) is 7.60. The highest BCUT2D eigenvalue weighted by molar-refractivity contribution is 8.01. The summed E-state index contributed by atoms with van der Waals surface area (Å²) in [5.41, 5.74) is 4.40. The molecular formula is C22H23N3O3S2. The molecule has 3 rings (SSSR count). The standard InChI is InChI=1S/C22H23N3O3S2/c1-14-8-15(2)10-17(9-14)24-20(26)11-18-12-29-22(25-18)30-13-21(27)23-16-4-6-19(28-3)7-5-16/h4-10,12H,11,13H2,1-3H3,(H,23,27)(H,24,26). The summed E-state index contributed by atoms with van der Waals surface area (Å²) in [6.07, 6.45) is 0.197. The van der Waals surface area contributed by atoms with Gasteiger partial charge in [-0.3, -0.25) is 9.59 Å². The van der Waals surface area contributed by atoms with Crippen LogP contribution >= 0.6 is 23.1 Å². The van der Waals surface area contributed by atoms with Crippen molar-refractivity contribution in [3.8, 4) is 5.75 Å². The van der Waals surface area contributed by atoms with E-state index in [9.17, 15) is 9.59 Å². The zero-order valence-electron chi connectivity index (χ0n) is 17.0. The first-order chi connectivity index (χ1) is 14.4. The number of nitrogens with one attached hydrogen (secondary N) is 2. The summed E-state index contributed by atoms with van der Waals surface area (Å²) in [4.78, 5) is 28.9. The van der Waals surface area contributed by atoms with Gasteiger partial charge < -0.3 is 15.4 Å². The van der Waals surface area contributed by atoms with Crippen molar-refractivity contribution in [1.29, 1.82) is 0 Å². The Hall–Kier alpha value is -2.84. The van der Waals surface area contributed by atoms with E-state index < -0.39 is 0 Å². The van der Waals surface area contributed by atoms with E-state index in [2.05, 4.69) is 21.7 Å². The molecule has 1 aromatic heterocycles. The van der Waals surface area contributed by atoms with Crippen LogP contribution in [0.1, 0.15) is 16.8 Å². The van der Waals surface area contributed by atoms with E-state index in [0.29, 0.717) is 11.4 Å². The predicted molar refractivity (Wildman–Crippen MR) is 123 cm³/mol. The number of thioether (sulfide) groups is 1. The van der Waals surface area contributed by atoms with Crippen LogP contribution in [0.4, 0.5) is 11.4 Å². The number of rotatable bonds is 8. The molecule has 0 radical (unpaired) electrons. The number of anilines is 2. The Bertz CT molecular complexity index is 1010. The molecule has 0 atom stereocenters. The first kappa shape index (κ1) is 21.9. The molecule has 0 unspecified atom stereocenters. The number of benzene rings is 2. The highest BCUT2D eigenvalue weighted by atomic mass is 32.2. The number of carbonyl (C=O) groups excluding carboxylic acids is 2. The van der Waals surface area contributed by atoms with Gasteiger partial charge in [-0.25, -0.2) is 4.98 Å². The number of ether oxygens (including phenoxy) is 1. The van der Waals surface area contributed by atoms with E-state index in [1.807, 2.05) is 31.4 Å². The molecule has 3 aromatic rings. The fraction of sp³-hybridized carbons (Fsp3) is 0.227. The Morgan fingerprint density at radius 2 is 1.67 bits per heavy atom. The number of methoxy groups -OCH3 is 1. The summed E-state index contributed by atoms with van der Waals surface area (Å²) in [6, 6.07) is 13.1. The average molecular weight is 442 g/mol. The number of aryl methyl sites for hydroxylation is 2. The van der Waals surface area contributed by atoms with Gasteiger partial charge >= 0.3 is 0 Å². The zero-order valence-corrected chi connectivity index (χ0v) is 18.7. The molecular weight excluding hydrogens is 418 g/mol. The van der Waals surface area contributed by atoms with Crippen molar-refractivity contribution in [2.75, 3.05) is 23.5 Å². The molecule has 0 aliphatic carbocycles. The molecule has 2 N–H and O–H groups in total. The van der Waals surface area contributed by atoms with Gasteiger partial charge in [0, 0.05) is 16.8 Å². The smallest absolute Gasteiger partial charge is 0.234 e. The van der Waals surface area contributed by atoms with Gasteiger partial charge in [0.1, 0.15) is 5.75 Å². The first-order valence-electron chi connectivity index (χ1n) is 9.30. The second-order valence-electron chi connectivity index (χ2n) is 6.77. The quantitative estimate of drug-likeness (QED) is 0.496. The second-order valence-corrected chi connectivity index (χ2v) is 8.85. The van der Waals surface area contributed by atoms with Crippen molar-refractivity contribution in [3.05, 3.63) is 64.7 Å². The number of aromatic nitrogens is 1. The number of amides is 2. The van der Waals surface area contributed by atoms with E-state index in [0.717, 1.165) is 26.9 Å². The monoisotopic (exact) mass is 441 g/mol. The van der Waals surface area contributed by atoms with Gasteiger partial charge in [0.05, 0.1) is 25.0 Å². The molecule has 1 heterocycles. The third kappa shape index (κ3) is 6.60. The number of thiazole rings is 1. The van der Waals surface area contributed by atoms with Crippen LogP contribution in [0.25, 0.3) is 0 Å². The normalized spacial score (nSPS) is 10.5. The lowest BCUT2D eigenvalue weighted by molar-refractivity contribution is -0.116. The van der Waals surface area contributed by atoms with Crippen molar-refractivity contribution in [3.63, 3.8) is 0 Å². The predicted octanol–water partition coefficient (Wildman–Crippen LogP) is 4.68. The van der Waals surface area contributed by atoms with Gasteiger partial charge in [-0.1, -0.05) is 17.8 Å². The molecule has 2 aromatic carbocycles. The topological polar surface area (TPSA) is 80.3 Å². The van der Waals surface area contributed by atoms with Crippen molar-refractivity contribution in [2.24, 2.45) is 0 Å². The third-order valence-electron chi connectivity index (χ3n) is 4.08. The van der Waals surface area contributed by atoms with Gasteiger partial charge in [-0.05, 0) is 61.4 Å². The summed E-state index contributed by atoms with van der Waals surface area (Å²) in [6.45, 7) is 3.99. The average Bonchev–Trinajstić information content (AvgIpc) is 3.13. The number of hydrogen-bond acceptors (Lipinski definition) is 6. The molecule has 30 heavy (non-hydrogen) atoms. The van der Waals surface area contributed by atoms with E-state index in [-0.39, 0.29) is 24.0 Å². The fourth-order valence-electron chi connectivity index (χ4n) is 2.85. The Labute approximate surface area is 184 Å². The SMILES string of the molecule is COc1ccc(NC(=O)CSc2nc(CC(=O)Nc3cc(C)cc(C)c3)cs2)cc1. The Morgan fingerprint density at radius 3 is 2.33 bits per heavy atom. The van der Waals surface area contributed by atoms with Crippen LogP contribution in [0.3, 0.4) is 0 Å². The second kappa shape index (κ2) is 10.3. The summed E-state index contributed by atoms with van der Waals surface area (Å²) in [5.74, 6) is 0.751. The number of carbonyl (C=O) groups is 2. The lowest BCUT2D eigenvalue weighted by Gasteiger charge is -2.06. The fourth-order valence-corrected chi connectivity index (χ4v) is 4.50. The van der Waals surface area contributed by atoms with Crippen LogP contribution in [0, 0.1) is 13.8 Å². The minimum atomic E-state index is -0.116. The molecule has 0 aliphatic rings. The molecule has 0 saturated carbocycles. The van der Waals surface area contributed by atoms with E-state index in [4.69, 9.17) is 4.74 Å². The summed E-state index contributed by atoms with van der Waals surface area (Å²) >= 11 is 2.78.